The van der Waals surface area contributed by atoms with E-state index in [0.717, 1.165) is 16.5 Å². The Balaban J connectivity index is 2.49. The summed E-state index contributed by atoms with van der Waals surface area (Å²) in [7, 11) is 2.98. The predicted molar refractivity (Wildman–Crippen MR) is 60.2 cm³/mol. The lowest BCUT2D eigenvalue weighted by Crippen LogP contribution is -2.05. The molecule has 1 aromatic heterocycles. The normalized spacial score (nSPS) is 10.4. The third-order valence-corrected chi connectivity index (χ3v) is 2.52. The fraction of sp³-hybridized carbons (Fsp3) is 0.250. The summed E-state index contributed by atoms with van der Waals surface area (Å²) in [6, 6.07) is 7.77. The Labute approximate surface area is 93.3 Å². The van der Waals surface area contributed by atoms with Crippen molar-refractivity contribution < 1.29 is 14.4 Å². The van der Waals surface area contributed by atoms with Gasteiger partial charge in [-0.2, -0.15) is 4.73 Å². The summed E-state index contributed by atoms with van der Waals surface area (Å²) in [6.07, 6.45) is 2.06. The van der Waals surface area contributed by atoms with Crippen LogP contribution in [0.5, 0.6) is 0 Å². The Morgan fingerprint density at radius 2 is 2.06 bits per heavy atom. The monoisotopic (exact) mass is 219 g/mol. The Kier molecular flexibility index (Phi) is 2.81. The van der Waals surface area contributed by atoms with E-state index in [1.165, 1.54) is 7.11 Å². The van der Waals surface area contributed by atoms with Crippen LogP contribution in [0.2, 0.25) is 0 Å². The average molecular weight is 219 g/mol. The number of ether oxygens (including phenoxy) is 1. The molecule has 1 heterocycles. The molecule has 0 N–H and O–H groups in total. The van der Waals surface area contributed by atoms with Crippen LogP contribution in [0.3, 0.4) is 0 Å². The fourth-order valence-electron chi connectivity index (χ4n) is 1.74. The first-order valence-electron chi connectivity index (χ1n) is 4.96. The van der Waals surface area contributed by atoms with Gasteiger partial charge in [-0.3, -0.25) is 4.79 Å². The highest BCUT2D eigenvalue weighted by molar-refractivity contribution is 5.87. The van der Waals surface area contributed by atoms with Crippen molar-refractivity contribution in [1.82, 2.24) is 4.73 Å². The molecule has 0 aliphatic carbocycles. The zero-order valence-electron chi connectivity index (χ0n) is 9.27. The van der Waals surface area contributed by atoms with Gasteiger partial charge in [0.15, 0.2) is 0 Å². The molecule has 2 aromatic rings. The number of fused-ring (bicyclic) bond motifs is 1. The Morgan fingerprint density at radius 3 is 2.75 bits per heavy atom. The number of methoxy groups -OCH3 is 1. The van der Waals surface area contributed by atoms with Gasteiger partial charge in [-0.05, 0) is 11.6 Å². The molecular weight excluding hydrogens is 206 g/mol. The van der Waals surface area contributed by atoms with E-state index >= 15 is 0 Å². The van der Waals surface area contributed by atoms with Gasteiger partial charge in [0.25, 0.3) is 0 Å². The quantitative estimate of drug-likeness (QED) is 0.733. The van der Waals surface area contributed by atoms with Crippen molar-refractivity contribution in [3.8, 4) is 0 Å². The van der Waals surface area contributed by atoms with Crippen LogP contribution in [-0.2, 0) is 16.0 Å². The maximum absolute atomic E-state index is 11.3. The third kappa shape index (κ3) is 1.74. The highest BCUT2D eigenvalue weighted by Crippen LogP contribution is 2.20. The molecule has 0 aliphatic rings. The molecule has 0 amide bonds. The summed E-state index contributed by atoms with van der Waals surface area (Å²) in [4.78, 5) is 16.4. The number of hydrogen-bond acceptors (Lipinski definition) is 3. The van der Waals surface area contributed by atoms with Gasteiger partial charge in [-0.25, -0.2) is 0 Å². The molecular formula is C12H13NO3. The van der Waals surface area contributed by atoms with Crippen molar-refractivity contribution in [3.05, 3.63) is 36.0 Å². The molecule has 1 aromatic carbocycles. The average Bonchev–Trinajstić information content (AvgIpc) is 2.68. The molecule has 16 heavy (non-hydrogen) atoms. The van der Waals surface area contributed by atoms with Crippen LogP contribution < -0.4 is 4.84 Å². The molecule has 0 bridgehead atoms. The third-order valence-electron chi connectivity index (χ3n) is 2.52. The van der Waals surface area contributed by atoms with E-state index in [1.807, 2.05) is 30.5 Å². The number of aromatic nitrogens is 1. The van der Waals surface area contributed by atoms with Gasteiger partial charge >= 0.3 is 5.97 Å². The minimum atomic E-state index is -0.251. The van der Waals surface area contributed by atoms with Crippen LogP contribution in [0.15, 0.2) is 30.5 Å². The van der Waals surface area contributed by atoms with Crippen LogP contribution in [0.25, 0.3) is 10.9 Å². The first kappa shape index (κ1) is 10.5. The minimum Gasteiger partial charge on any atom is -0.469 e. The molecule has 84 valence electrons. The highest BCUT2D eigenvalue weighted by Gasteiger charge is 2.11. The second kappa shape index (κ2) is 4.26. The summed E-state index contributed by atoms with van der Waals surface area (Å²) < 4.78 is 6.30. The van der Waals surface area contributed by atoms with Crippen LogP contribution in [0.1, 0.15) is 5.56 Å². The van der Waals surface area contributed by atoms with E-state index < -0.39 is 0 Å². The minimum absolute atomic E-state index is 0.251. The standard InChI is InChI=1S/C12H13NO3/c1-15-12(14)7-9-8-13(16-2)11-6-4-3-5-10(9)11/h3-6,8H,7H2,1-2H3. The zero-order chi connectivity index (χ0) is 11.5. The Morgan fingerprint density at radius 1 is 1.31 bits per heavy atom. The van der Waals surface area contributed by atoms with Gasteiger partial charge in [0.2, 0.25) is 0 Å². The van der Waals surface area contributed by atoms with E-state index in [2.05, 4.69) is 4.74 Å². The van der Waals surface area contributed by atoms with E-state index in [4.69, 9.17) is 4.84 Å². The molecule has 0 radical (unpaired) electrons. The number of benzene rings is 1. The maximum atomic E-state index is 11.3. The van der Waals surface area contributed by atoms with Crippen molar-refractivity contribution in [2.45, 2.75) is 6.42 Å². The van der Waals surface area contributed by atoms with E-state index in [0.29, 0.717) is 0 Å². The Hall–Kier alpha value is -1.97. The van der Waals surface area contributed by atoms with Crippen molar-refractivity contribution in [3.63, 3.8) is 0 Å². The van der Waals surface area contributed by atoms with Crippen LogP contribution in [0, 0.1) is 0 Å². The summed E-state index contributed by atoms with van der Waals surface area (Å²) in [5, 5.41) is 1.01. The number of nitrogens with zero attached hydrogens (tertiary/aromatic N) is 1. The first-order chi connectivity index (χ1) is 7.76. The van der Waals surface area contributed by atoms with Gasteiger partial charge in [-0.15, -0.1) is 0 Å². The molecule has 4 heteroatoms. The lowest BCUT2D eigenvalue weighted by molar-refractivity contribution is -0.139. The molecule has 0 unspecified atom stereocenters. The van der Waals surface area contributed by atoms with Crippen LogP contribution in [-0.4, -0.2) is 24.9 Å². The number of hydrogen-bond donors (Lipinski definition) is 0. The Bertz CT molecular complexity index is 516. The van der Waals surface area contributed by atoms with Gasteiger partial charge in [0.1, 0.15) is 7.11 Å². The van der Waals surface area contributed by atoms with Gasteiger partial charge in [-0.1, -0.05) is 18.2 Å². The van der Waals surface area contributed by atoms with E-state index in [9.17, 15) is 4.79 Å². The largest absolute Gasteiger partial charge is 0.469 e. The summed E-state index contributed by atoms with van der Waals surface area (Å²) >= 11 is 0. The van der Waals surface area contributed by atoms with E-state index in [1.54, 1.807) is 11.8 Å². The van der Waals surface area contributed by atoms with Crippen molar-refractivity contribution in [1.29, 1.82) is 0 Å². The summed E-state index contributed by atoms with van der Waals surface area (Å²) in [5.74, 6) is -0.251. The maximum Gasteiger partial charge on any atom is 0.310 e. The number of carbonyl (C=O) groups excluding carboxylic acids is 1. The van der Waals surface area contributed by atoms with Gasteiger partial charge in [0.05, 0.1) is 19.0 Å². The summed E-state index contributed by atoms with van der Waals surface area (Å²) in [6.45, 7) is 0. The molecule has 4 nitrogen and oxygen atoms in total. The molecule has 0 spiro atoms. The molecule has 0 fully saturated rings. The van der Waals surface area contributed by atoms with Crippen molar-refractivity contribution in [2.24, 2.45) is 0 Å². The predicted octanol–water partition coefficient (Wildman–Crippen LogP) is 1.42. The molecule has 0 atom stereocenters. The van der Waals surface area contributed by atoms with Crippen molar-refractivity contribution in [2.75, 3.05) is 14.2 Å². The lowest BCUT2D eigenvalue weighted by Gasteiger charge is -2.00. The molecule has 2 rings (SSSR count). The summed E-state index contributed by atoms with van der Waals surface area (Å²) in [5.41, 5.74) is 1.85. The van der Waals surface area contributed by atoms with Gasteiger partial charge < -0.3 is 9.57 Å². The van der Waals surface area contributed by atoms with Crippen LogP contribution >= 0.6 is 0 Å². The van der Waals surface area contributed by atoms with Crippen molar-refractivity contribution >= 4 is 16.9 Å². The van der Waals surface area contributed by atoms with E-state index in [-0.39, 0.29) is 12.4 Å². The molecule has 0 saturated carbocycles. The number of rotatable bonds is 3. The first-order valence-corrected chi connectivity index (χ1v) is 4.96. The molecule has 0 saturated heterocycles. The fourth-order valence-corrected chi connectivity index (χ4v) is 1.74. The second-order valence-corrected chi connectivity index (χ2v) is 3.43. The highest BCUT2D eigenvalue weighted by atomic mass is 16.6. The lowest BCUT2D eigenvalue weighted by atomic mass is 10.1. The van der Waals surface area contributed by atoms with Gasteiger partial charge in [0, 0.05) is 11.6 Å². The zero-order valence-corrected chi connectivity index (χ0v) is 9.27. The number of para-hydroxylation sites is 1. The topological polar surface area (TPSA) is 40.5 Å². The number of carbonyl (C=O) groups is 1. The second-order valence-electron chi connectivity index (χ2n) is 3.43. The van der Waals surface area contributed by atoms with Crippen LogP contribution in [0.4, 0.5) is 0 Å². The smallest absolute Gasteiger partial charge is 0.310 e. The number of esters is 1. The molecule has 0 aliphatic heterocycles. The SMILES string of the molecule is COC(=O)Cc1cn(OC)c2ccccc12.